The highest BCUT2D eigenvalue weighted by molar-refractivity contribution is 7.90. The van der Waals surface area contributed by atoms with Crippen LogP contribution >= 0.6 is 0 Å². The average Bonchev–Trinajstić information content (AvgIpc) is 2.53. The highest BCUT2D eigenvalue weighted by atomic mass is 32.2. The fourth-order valence-corrected chi connectivity index (χ4v) is 3.50. The Balaban J connectivity index is 1.95. The monoisotopic (exact) mass is 338 g/mol. The summed E-state index contributed by atoms with van der Waals surface area (Å²) in [4.78, 5) is 14.4. The SMILES string of the molecule is Cc1ccc(C(=O)N2CCC[C@@H](CNS(=O)(=O)C(C)C)C2)cc1. The van der Waals surface area contributed by atoms with Crippen LogP contribution in [0.3, 0.4) is 0 Å². The molecule has 23 heavy (non-hydrogen) atoms. The minimum atomic E-state index is -3.25. The van der Waals surface area contributed by atoms with Gasteiger partial charge in [0.05, 0.1) is 5.25 Å². The molecule has 128 valence electrons. The Morgan fingerprint density at radius 1 is 1.30 bits per heavy atom. The van der Waals surface area contributed by atoms with Gasteiger partial charge < -0.3 is 4.90 Å². The van der Waals surface area contributed by atoms with Crippen LogP contribution in [0.15, 0.2) is 24.3 Å². The molecule has 0 spiro atoms. The predicted octanol–water partition coefficient (Wildman–Crippen LogP) is 2.18. The molecule has 2 rings (SSSR count). The van der Waals surface area contributed by atoms with Gasteiger partial charge in [-0.3, -0.25) is 4.79 Å². The minimum Gasteiger partial charge on any atom is -0.338 e. The fourth-order valence-electron chi connectivity index (χ4n) is 2.70. The molecule has 6 heteroatoms. The molecule has 1 aromatic carbocycles. The van der Waals surface area contributed by atoms with Gasteiger partial charge in [0, 0.05) is 25.2 Å². The van der Waals surface area contributed by atoms with Crippen molar-refractivity contribution >= 4 is 15.9 Å². The third-order valence-electron chi connectivity index (χ3n) is 4.30. The van der Waals surface area contributed by atoms with Crippen LogP contribution in [0.4, 0.5) is 0 Å². The molecule has 0 bridgehead atoms. The summed E-state index contributed by atoms with van der Waals surface area (Å²) >= 11 is 0. The number of rotatable bonds is 5. The van der Waals surface area contributed by atoms with E-state index in [0.29, 0.717) is 18.7 Å². The number of nitrogens with zero attached hydrogens (tertiary/aromatic N) is 1. The van der Waals surface area contributed by atoms with Crippen molar-refractivity contribution in [1.29, 1.82) is 0 Å². The van der Waals surface area contributed by atoms with Gasteiger partial charge in [-0.15, -0.1) is 0 Å². The number of hydrogen-bond acceptors (Lipinski definition) is 3. The lowest BCUT2D eigenvalue weighted by Gasteiger charge is -2.33. The van der Waals surface area contributed by atoms with E-state index in [1.807, 2.05) is 36.1 Å². The molecule has 0 saturated carbocycles. The van der Waals surface area contributed by atoms with Crippen LogP contribution in [0.1, 0.15) is 42.6 Å². The second kappa shape index (κ2) is 7.45. The van der Waals surface area contributed by atoms with E-state index >= 15 is 0 Å². The van der Waals surface area contributed by atoms with E-state index in [1.54, 1.807) is 13.8 Å². The maximum absolute atomic E-state index is 12.6. The molecule has 5 nitrogen and oxygen atoms in total. The highest BCUT2D eigenvalue weighted by Gasteiger charge is 2.26. The number of carbonyl (C=O) groups is 1. The Kier molecular flexibility index (Phi) is 5.81. The predicted molar refractivity (Wildman–Crippen MR) is 91.9 cm³/mol. The van der Waals surface area contributed by atoms with Gasteiger partial charge in [-0.1, -0.05) is 17.7 Å². The van der Waals surface area contributed by atoms with Crippen LogP contribution < -0.4 is 4.72 Å². The molecule has 1 saturated heterocycles. The number of benzene rings is 1. The van der Waals surface area contributed by atoms with E-state index in [9.17, 15) is 13.2 Å². The maximum Gasteiger partial charge on any atom is 0.253 e. The summed E-state index contributed by atoms with van der Waals surface area (Å²) in [5.74, 6) is 0.202. The summed E-state index contributed by atoms with van der Waals surface area (Å²) < 4.78 is 26.4. The summed E-state index contributed by atoms with van der Waals surface area (Å²) in [5.41, 5.74) is 1.82. The van der Waals surface area contributed by atoms with E-state index < -0.39 is 15.3 Å². The fraction of sp³-hybridized carbons (Fsp3) is 0.588. The summed E-state index contributed by atoms with van der Waals surface area (Å²) in [5, 5.41) is -0.434. The van der Waals surface area contributed by atoms with Gasteiger partial charge in [0.15, 0.2) is 0 Å². The van der Waals surface area contributed by atoms with Gasteiger partial charge in [-0.2, -0.15) is 0 Å². The first-order valence-corrected chi connectivity index (χ1v) is 9.68. The van der Waals surface area contributed by atoms with Crippen LogP contribution in [-0.2, 0) is 10.0 Å². The van der Waals surface area contributed by atoms with Gasteiger partial charge in [-0.25, -0.2) is 13.1 Å². The molecular formula is C17H26N2O3S. The number of aryl methyl sites for hydroxylation is 1. The molecule has 1 amide bonds. The molecule has 0 radical (unpaired) electrons. The van der Waals surface area contributed by atoms with Crippen molar-refractivity contribution in [3.8, 4) is 0 Å². The number of hydrogen-bond donors (Lipinski definition) is 1. The first-order valence-electron chi connectivity index (χ1n) is 8.14. The minimum absolute atomic E-state index is 0.0291. The number of nitrogens with one attached hydrogen (secondary N) is 1. The number of amides is 1. The normalized spacial score (nSPS) is 19.1. The van der Waals surface area contributed by atoms with Crippen molar-refractivity contribution in [3.63, 3.8) is 0 Å². The zero-order chi connectivity index (χ0) is 17.0. The van der Waals surface area contributed by atoms with Crippen molar-refractivity contribution < 1.29 is 13.2 Å². The first-order chi connectivity index (χ1) is 10.8. The summed E-state index contributed by atoms with van der Waals surface area (Å²) in [6.45, 7) is 7.06. The Morgan fingerprint density at radius 3 is 2.57 bits per heavy atom. The van der Waals surface area contributed by atoms with Crippen molar-refractivity contribution in [2.24, 2.45) is 5.92 Å². The van der Waals surface area contributed by atoms with Gasteiger partial charge in [-0.05, 0) is 51.7 Å². The lowest BCUT2D eigenvalue weighted by Crippen LogP contribution is -2.44. The van der Waals surface area contributed by atoms with Gasteiger partial charge >= 0.3 is 0 Å². The lowest BCUT2D eigenvalue weighted by atomic mass is 9.97. The van der Waals surface area contributed by atoms with Crippen LogP contribution in [0.2, 0.25) is 0 Å². The van der Waals surface area contributed by atoms with E-state index in [4.69, 9.17) is 0 Å². The number of piperidine rings is 1. The van der Waals surface area contributed by atoms with Gasteiger partial charge in [0.2, 0.25) is 10.0 Å². The molecule has 0 aliphatic carbocycles. The molecule has 1 aliphatic rings. The molecule has 1 aliphatic heterocycles. The molecule has 1 fully saturated rings. The van der Waals surface area contributed by atoms with Crippen molar-refractivity contribution in [2.75, 3.05) is 19.6 Å². The van der Waals surface area contributed by atoms with Crippen molar-refractivity contribution in [1.82, 2.24) is 9.62 Å². The van der Waals surface area contributed by atoms with E-state index in [-0.39, 0.29) is 11.8 Å². The first kappa shape index (κ1) is 17.9. The largest absolute Gasteiger partial charge is 0.338 e. The van der Waals surface area contributed by atoms with Gasteiger partial charge in [0.25, 0.3) is 5.91 Å². The summed E-state index contributed by atoms with van der Waals surface area (Å²) in [7, 11) is -3.25. The van der Waals surface area contributed by atoms with E-state index in [0.717, 1.165) is 24.9 Å². The summed E-state index contributed by atoms with van der Waals surface area (Å²) in [6, 6.07) is 7.57. The van der Waals surface area contributed by atoms with Crippen LogP contribution in [0, 0.1) is 12.8 Å². The Labute approximate surface area is 139 Å². The van der Waals surface area contributed by atoms with Crippen molar-refractivity contribution in [2.45, 2.75) is 38.9 Å². The van der Waals surface area contributed by atoms with Crippen molar-refractivity contribution in [3.05, 3.63) is 35.4 Å². The molecular weight excluding hydrogens is 312 g/mol. The molecule has 0 aromatic heterocycles. The van der Waals surface area contributed by atoms with Gasteiger partial charge in [0.1, 0.15) is 0 Å². The molecule has 1 atom stereocenters. The third kappa shape index (κ3) is 4.78. The third-order valence-corrected chi connectivity index (χ3v) is 6.11. The van der Waals surface area contributed by atoms with Crippen LogP contribution in [0.5, 0.6) is 0 Å². The standard InChI is InChI=1S/C17H26N2O3S/c1-13(2)23(21,22)18-11-15-5-4-10-19(12-15)17(20)16-8-6-14(3)7-9-16/h6-9,13,15,18H,4-5,10-12H2,1-3H3/t15-/m0/s1. The molecule has 1 N–H and O–H groups in total. The second-order valence-corrected chi connectivity index (χ2v) is 8.89. The smallest absolute Gasteiger partial charge is 0.253 e. The Morgan fingerprint density at radius 2 is 1.96 bits per heavy atom. The zero-order valence-electron chi connectivity index (χ0n) is 14.1. The van der Waals surface area contributed by atoms with Crippen LogP contribution in [0.25, 0.3) is 0 Å². The maximum atomic E-state index is 12.6. The lowest BCUT2D eigenvalue weighted by molar-refractivity contribution is 0.0676. The average molecular weight is 338 g/mol. The topological polar surface area (TPSA) is 66.5 Å². The van der Waals surface area contributed by atoms with E-state index in [2.05, 4.69) is 4.72 Å². The highest BCUT2D eigenvalue weighted by Crippen LogP contribution is 2.19. The summed E-state index contributed by atoms with van der Waals surface area (Å²) in [6.07, 6.45) is 1.85. The van der Waals surface area contributed by atoms with E-state index in [1.165, 1.54) is 0 Å². The Bertz CT molecular complexity index is 638. The quantitative estimate of drug-likeness (QED) is 0.895. The number of likely N-dealkylation sites (tertiary alicyclic amines) is 1. The Hall–Kier alpha value is -1.40. The zero-order valence-corrected chi connectivity index (χ0v) is 14.9. The second-order valence-electron chi connectivity index (χ2n) is 6.57. The number of sulfonamides is 1. The number of carbonyl (C=O) groups excluding carboxylic acids is 1. The molecule has 0 unspecified atom stereocenters. The van der Waals surface area contributed by atoms with Crippen LogP contribution in [-0.4, -0.2) is 44.1 Å². The molecule has 1 aromatic rings. The molecule has 1 heterocycles.